The van der Waals surface area contributed by atoms with Crippen molar-refractivity contribution < 1.29 is 0 Å². The molecule has 0 radical (unpaired) electrons. The van der Waals surface area contributed by atoms with Gasteiger partial charge in [0.15, 0.2) is 0 Å². The molecule has 0 aliphatic carbocycles. The second-order valence-electron chi connectivity index (χ2n) is 3.34. The normalized spacial score (nSPS) is 28.2. The highest BCUT2D eigenvalue weighted by molar-refractivity contribution is 8.00. The second-order valence-corrected chi connectivity index (χ2v) is 4.85. The Kier molecular flexibility index (Phi) is 4.83. The van der Waals surface area contributed by atoms with Crippen molar-refractivity contribution in [3.63, 3.8) is 0 Å². The first-order chi connectivity index (χ1) is 6.36. The average Bonchev–Trinajstić information content (AvgIpc) is 2.39. The third-order valence-electron chi connectivity index (χ3n) is 2.31. The maximum absolute atomic E-state index is 5.45. The van der Waals surface area contributed by atoms with Crippen LogP contribution in [0.25, 0.3) is 0 Å². The van der Waals surface area contributed by atoms with Gasteiger partial charge in [-0.25, -0.2) is 0 Å². The van der Waals surface area contributed by atoms with E-state index in [4.69, 9.17) is 6.42 Å². The SMILES string of the molecule is C#CC1CCCCC(CC=C=C)S1. The minimum atomic E-state index is 0.436. The molecule has 2 atom stereocenters. The van der Waals surface area contributed by atoms with Gasteiger partial charge < -0.3 is 0 Å². The van der Waals surface area contributed by atoms with Gasteiger partial charge in [-0.3, -0.25) is 0 Å². The predicted molar refractivity (Wildman–Crippen MR) is 60.8 cm³/mol. The van der Waals surface area contributed by atoms with E-state index >= 15 is 0 Å². The number of thioether (sulfide) groups is 1. The highest BCUT2D eigenvalue weighted by Crippen LogP contribution is 2.31. The van der Waals surface area contributed by atoms with E-state index in [9.17, 15) is 0 Å². The molecule has 1 aliphatic rings. The van der Waals surface area contributed by atoms with E-state index in [0.717, 1.165) is 6.42 Å². The summed E-state index contributed by atoms with van der Waals surface area (Å²) in [5.74, 6) is 2.86. The number of allylic oxidation sites excluding steroid dienone is 1. The first-order valence-electron chi connectivity index (χ1n) is 4.82. The zero-order valence-electron chi connectivity index (χ0n) is 7.96. The molecule has 0 saturated carbocycles. The van der Waals surface area contributed by atoms with Gasteiger partial charge in [-0.2, -0.15) is 0 Å². The lowest BCUT2D eigenvalue weighted by Crippen LogP contribution is -2.04. The minimum Gasteiger partial charge on any atom is -0.142 e. The number of rotatable bonds is 2. The van der Waals surface area contributed by atoms with Crippen LogP contribution in [0.5, 0.6) is 0 Å². The molecule has 2 unspecified atom stereocenters. The summed E-state index contributed by atoms with van der Waals surface area (Å²) in [5.41, 5.74) is 2.83. The largest absolute Gasteiger partial charge is 0.142 e. The van der Waals surface area contributed by atoms with Crippen LogP contribution in [-0.4, -0.2) is 10.5 Å². The van der Waals surface area contributed by atoms with E-state index in [2.05, 4.69) is 18.2 Å². The zero-order chi connectivity index (χ0) is 9.52. The lowest BCUT2D eigenvalue weighted by Gasteiger charge is -2.13. The van der Waals surface area contributed by atoms with Gasteiger partial charge in [0.05, 0.1) is 5.25 Å². The van der Waals surface area contributed by atoms with Crippen molar-refractivity contribution >= 4 is 11.8 Å². The predicted octanol–water partition coefficient (Wildman–Crippen LogP) is 3.40. The third kappa shape index (κ3) is 3.77. The average molecular weight is 192 g/mol. The summed E-state index contributed by atoms with van der Waals surface area (Å²) in [7, 11) is 0. The molecule has 1 aliphatic heterocycles. The molecule has 0 aromatic heterocycles. The van der Waals surface area contributed by atoms with Crippen LogP contribution in [0.1, 0.15) is 32.1 Å². The Morgan fingerprint density at radius 2 is 2.23 bits per heavy atom. The van der Waals surface area contributed by atoms with Gasteiger partial charge in [-0.15, -0.1) is 23.9 Å². The van der Waals surface area contributed by atoms with Crippen LogP contribution >= 0.6 is 11.8 Å². The summed E-state index contributed by atoms with van der Waals surface area (Å²) in [6.07, 6.45) is 13.6. The zero-order valence-corrected chi connectivity index (χ0v) is 8.78. The van der Waals surface area contributed by atoms with Crippen molar-refractivity contribution in [3.05, 3.63) is 18.4 Å². The molecule has 1 rings (SSSR count). The summed E-state index contributed by atoms with van der Waals surface area (Å²) in [4.78, 5) is 0. The van der Waals surface area contributed by atoms with Crippen LogP contribution in [0, 0.1) is 12.3 Å². The molecule has 0 bridgehead atoms. The summed E-state index contributed by atoms with van der Waals surface area (Å²) in [6, 6.07) is 0. The fourth-order valence-corrected chi connectivity index (χ4v) is 2.94. The Morgan fingerprint density at radius 1 is 1.46 bits per heavy atom. The molecule has 0 nitrogen and oxygen atoms in total. The van der Waals surface area contributed by atoms with E-state index in [1.165, 1.54) is 25.7 Å². The first-order valence-corrected chi connectivity index (χ1v) is 5.77. The Bertz CT molecular complexity index is 230. The van der Waals surface area contributed by atoms with Gasteiger partial charge >= 0.3 is 0 Å². The van der Waals surface area contributed by atoms with Crippen LogP contribution in [0.4, 0.5) is 0 Å². The van der Waals surface area contributed by atoms with Gasteiger partial charge in [0.25, 0.3) is 0 Å². The molecule has 0 spiro atoms. The molecule has 1 saturated heterocycles. The monoisotopic (exact) mass is 192 g/mol. The molecular formula is C12H16S. The maximum atomic E-state index is 5.45. The van der Waals surface area contributed by atoms with E-state index in [1.54, 1.807) is 0 Å². The van der Waals surface area contributed by atoms with Crippen LogP contribution in [0.2, 0.25) is 0 Å². The summed E-state index contributed by atoms with van der Waals surface area (Å²) < 4.78 is 0. The minimum absolute atomic E-state index is 0.436. The molecular weight excluding hydrogens is 176 g/mol. The van der Waals surface area contributed by atoms with Crippen molar-refractivity contribution in [1.82, 2.24) is 0 Å². The molecule has 1 fully saturated rings. The molecule has 0 aromatic rings. The van der Waals surface area contributed by atoms with Crippen molar-refractivity contribution in [1.29, 1.82) is 0 Å². The summed E-state index contributed by atoms with van der Waals surface area (Å²) >= 11 is 1.96. The molecule has 70 valence electrons. The number of hydrogen-bond donors (Lipinski definition) is 0. The fourth-order valence-electron chi connectivity index (χ4n) is 1.58. The fraction of sp³-hybridized carbons (Fsp3) is 0.583. The Morgan fingerprint density at radius 3 is 2.92 bits per heavy atom. The van der Waals surface area contributed by atoms with E-state index in [-0.39, 0.29) is 0 Å². The molecule has 0 amide bonds. The second kappa shape index (κ2) is 5.97. The summed E-state index contributed by atoms with van der Waals surface area (Å²) in [6.45, 7) is 3.58. The molecule has 1 heterocycles. The lowest BCUT2D eigenvalue weighted by molar-refractivity contribution is 0.660. The maximum Gasteiger partial charge on any atom is 0.0657 e. The van der Waals surface area contributed by atoms with Gasteiger partial charge in [-0.05, 0) is 25.3 Å². The molecule has 13 heavy (non-hydrogen) atoms. The standard InChI is InChI=1S/C12H16S/c1-3-5-8-12-10-7-6-9-11(4-2)13-12/h2,5,11-12H,1,6-10H2. The third-order valence-corrected chi connectivity index (χ3v) is 3.82. The van der Waals surface area contributed by atoms with Crippen LogP contribution in [0.15, 0.2) is 18.4 Å². The molecule has 1 heteroatoms. The van der Waals surface area contributed by atoms with Crippen molar-refractivity contribution in [2.24, 2.45) is 0 Å². The van der Waals surface area contributed by atoms with Crippen molar-refractivity contribution in [2.75, 3.05) is 0 Å². The number of terminal acetylenes is 1. The van der Waals surface area contributed by atoms with Gasteiger partial charge in [0.2, 0.25) is 0 Å². The van der Waals surface area contributed by atoms with Gasteiger partial charge in [0.1, 0.15) is 0 Å². The van der Waals surface area contributed by atoms with Crippen molar-refractivity contribution in [2.45, 2.75) is 42.6 Å². The Labute approximate surface area is 85.5 Å². The first kappa shape index (κ1) is 10.5. The highest BCUT2D eigenvalue weighted by Gasteiger charge is 2.17. The summed E-state index contributed by atoms with van der Waals surface area (Å²) in [5, 5.41) is 1.13. The van der Waals surface area contributed by atoms with Gasteiger partial charge in [0, 0.05) is 5.25 Å². The van der Waals surface area contributed by atoms with Crippen LogP contribution < -0.4 is 0 Å². The quantitative estimate of drug-likeness (QED) is 0.477. The topological polar surface area (TPSA) is 0 Å². The van der Waals surface area contributed by atoms with Gasteiger partial charge in [-0.1, -0.05) is 25.3 Å². The molecule has 0 N–H and O–H groups in total. The van der Waals surface area contributed by atoms with Crippen LogP contribution in [0.3, 0.4) is 0 Å². The van der Waals surface area contributed by atoms with Crippen molar-refractivity contribution in [3.8, 4) is 12.3 Å². The highest BCUT2D eigenvalue weighted by atomic mass is 32.2. The lowest BCUT2D eigenvalue weighted by atomic mass is 10.1. The number of hydrogen-bond acceptors (Lipinski definition) is 1. The Hall–Kier alpha value is -0.570. The molecule has 0 aromatic carbocycles. The van der Waals surface area contributed by atoms with E-state index in [0.29, 0.717) is 10.5 Å². The van der Waals surface area contributed by atoms with Crippen LogP contribution in [-0.2, 0) is 0 Å². The van der Waals surface area contributed by atoms with E-state index in [1.807, 2.05) is 17.8 Å². The van der Waals surface area contributed by atoms with E-state index < -0.39 is 0 Å². The Balaban J connectivity index is 2.44. The smallest absolute Gasteiger partial charge is 0.0657 e.